The van der Waals surface area contributed by atoms with Gasteiger partial charge >= 0.3 is 0 Å². The highest BCUT2D eigenvalue weighted by atomic mass is 32.2. The maximum atomic E-state index is 13.6. The maximum Gasteiger partial charge on any atom is 0.264 e. The van der Waals surface area contributed by atoms with Crippen molar-refractivity contribution in [1.29, 1.82) is 0 Å². The molecule has 6 nitrogen and oxygen atoms in total. The third kappa shape index (κ3) is 4.91. The predicted octanol–water partition coefficient (Wildman–Crippen LogP) is 5.06. The maximum absolute atomic E-state index is 13.6. The smallest absolute Gasteiger partial charge is 0.264 e. The van der Waals surface area contributed by atoms with Gasteiger partial charge in [-0.2, -0.15) is 0 Å². The molecule has 2 atom stereocenters. The van der Waals surface area contributed by atoms with Crippen molar-refractivity contribution in [3.8, 4) is 5.75 Å². The van der Waals surface area contributed by atoms with Crippen LogP contribution in [-0.2, 0) is 14.8 Å². The third-order valence-corrected chi connectivity index (χ3v) is 8.39. The van der Waals surface area contributed by atoms with Gasteiger partial charge in [0.05, 0.1) is 23.2 Å². The van der Waals surface area contributed by atoms with Crippen molar-refractivity contribution < 1.29 is 17.9 Å². The molecule has 35 heavy (non-hydrogen) atoms. The first-order valence-corrected chi connectivity index (χ1v) is 13.2. The number of carbonyl (C=O) groups is 1. The molecule has 0 bridgehead atoms. The second kappa shape index (κ2) is 9.38. The average molecular weight is 493 g/mol. The van der Waals surface area contributed by atoms with Crippen LogP contribution in [0.3, 0.4) is 0 Å². The van der Waals surface area contributed by atoms with E-state index < -0.39 is 16.1 Å². The number of hydrogen-bond acceptors (Lipinski definition) is 4. The fourth-order valence-corrected chi connectivity index (χ4v) is 5.87. The van der Waals surface area contributed by atoms with E-state index in [1.54, 1.807) is 36.4 Å². The summed E-state index contributed by atoms with van der Waals surface area (Å²) in [5.74, 6) is 0.0218. The minimum atomic E-state index is -3.90. The normalized spacial score (nSPS) is 16.3. The first kappa shape index (κ1) is 24.8. The molecule has 184 valence electrons. The Kier molecular flexibility index (Phi) is 6.64. The molecule has 1 amide bonds. The fraction of sp³-hybridized carbons (Fsp3) is 0.321. The zero-order valence-electron chi connectivity index (χ0n) is 21.0. The van der Waals surface area contributed by atoms with E-state index in [4.69, 9.17) is 4.74 Å². The van der Waals surface area contributed by atoms with E-state index in [1.807, 2.05) is 40.7 Å². The molecule has 3 aromatic carbocycles. The Balaban J connectivity index is 1.65. The number of fused-ring (bicyclic) bond motifs is 1. The van der Waals surface area contributed by atoms with Gasteiger partial charge < -0.3 is 10.1 Å². The van der Waals surface area contributed by atoms with Crippen LogP contribution in [0.25, 0.3) is 0 Å². The topological polar surface area (TPSA) is 75.7 Å². The number of anilines is 1. The Morgan fingerprint density at radius 2 is 1.54 bits per heavy atom. The third-order valence-electron chi connectivity index (χ3n) is 6.59. The fourth-order valence-electron chi connectivity index (χ4n) is 4.40. The summed E-state index contributed by atoms with van der Waals surface area (Å²) in [6, 6.07) is 16.0. The van der Waals surface area contributed by atoms with Crippen molar-refractivity contribution in [2.24, 2.45) is 0 Å². The van der Waals surface area contributed by atoms with Crippen LogP contribution >= 0.6 is 0 Å². The number of aryl methyl sites for hydroxylation is 5. The lowest BCUT2D eigenvalue weighted by Gasteiger charge is -2.35. The molecule has 1 N–H and O–H groups in total. The number of nitrogens with zero attached hydrogens (tertiary/aromatic N) is 1. The summed E-state index contributed by atoms with van der Waals surface area (Å²) >= 11 is 0. The molecule has 0 fully saturated rings. The molecule has 1 aliphatic heterocycles. The van der Waals surface area contributed by atoms with Crippen LogP contribution in [0, 0.1) is 34.6 Å². The minimum Gasteiger partial charge on any atom is -0.476 e. The van der Waals surface area contributed by atoms with Gasteiger partial charge in [0, 0.05) is 0 Å². The first-order chi connectivity index (χ1) is 16.5. The van der Waals surface area contributed by atoms with Gasteiger partial charge in [-0.05, 0) is 93.6 Å². The number of ether oxygens (including phenoxy) is 1. The number of carbonyl (C=O) groups excluding carboxylic acids is 1. The Morgan fingerprint density at radius 3 is 2.23 bits per heavy atom. The summed E-state index contributed by atoms with van der Waals surface area (Å²) < 4.78 is 34.6. The molecular weight excluding hydrogens is 460 g/mol. The van der Waals surface area contributed by atoms with Gasteiger partial charge in [-0.25, -0.2) is 8.42 Å². The van der Waals surface area contributed by atoms with Crippen molar-refractivity contribution in [2.75, 3.05) is 10.8 Å². The highest BCUT2D eigenvalue weighted by molar-refractivity contribution is 7.92. The van der Waals surface area contributed by atoms with Gasteiger partial charge in [0.25, 0.3) is 15.9 Å². The van der Waals surface area contributed by atoms with Crippen molar-refractivity contribution in [1.82, 2.24) is 5.32 Å². The quantitative estimate of drug-likeness (QED) is 0.540. The molecule has 0 saturated heterocycles. The van der Waals surface area contributed by atoms with Crippen LogP contribution in [0.4, 0.5) is 5.69 Å². The van der Waals surface area contributed by atoms with Crippen LogP contribution in [-0.4, -0.2) is 27.0 Å². The number of amides is 1. The second-order valence-corrected chi connectivity index (χ2v) is 11.3. The zero-order chi connectivity index (χ0) is 25.5. The molecule has 1 heterocycles. The largest absolute Gasteiger partial charge is 0.476 e. The molecule has 0 spiro atoms. The van der Waals surface area contributed by atoms with E-state index in [0.29, 0.717) is 11.4 Å². The summed E-state index contributed by atoms with van der Waals surface area (Å²) in [6.45, 7) is 11.8. The van der Waals surface area contributed by atoms with Crippen molar-refractivity contribution >= 4 is 21.6 Å². The Hall–Kier alpha value is -3.32. The van der Waals surface area contributed by atoms with E-state index in [0.717, 1.165) is 27.8 Å². The van der Waals surface area contributed by atoms with Crippen LogP contribution < -0.4 is 14.4 Å². The van der Waals surface area contributed by atoms with Crippen LogP contribution in [0.15, 0.2) is 59.5 Å². The van der Waals surface area contributed by atoms with Gasteiger partial charge in [-0.15, -0.1) is 0 Å². The Bertz CT molecular complexity index is 1380. The number of nitrogens with one attached hydrogen (secondary N) is 1. The standard InChI is InChI=1S/C28H32N2O4S/c1-17-7-10-23(11-8-17)35(32,33)30-16-27(34-26-13-18(2)9-12-25(26)30)28(31)29-22(6)24-15-20(4)19(3)14-21(24)5/h7-15,22,27H,16H2,1-6H3,(H,29,31). The highest BCUT2D eigenvalue weighted by Crippen LogP contribution is 2.38. The number of sulfonamides is 1. The highest BCUT2D eigenvalue weighted by Gasteiger charge is 2.38. The van der Waals surface area contributed by atoms with E-state index in [-0.39, 0.29) is 23.4 Å². The molecule has 7 heteroatoms. The first-order valence-electron chi connectivity index (χ1n) is 11.7. The minimum absolute atomic E-state index is 0.114. The molecule has 4 rings (SSSR count). The molecule has 0 saturated carbocycles. The molecular formula is C28H32N2O4S. The number of hydrogen-bond donors (Lipinski definition) is 1. The van der Waals surface area contributed by atoms with Crippen molar-refractivity contribution in [2.45, 2.75) is 58.6 Å². The lowest BCUT2D eigenvalue weighted by Crippen LogP contribution is -2.51. The Labute approximate surface area is 208 Å². The molecule has 0 aliphatic carbocycles. The molecule has 0 radical (unpaired) electrons. The predicted molar refractivity (Wildman–Crippen MR) is 139 cm³/mol. The van der Waals surface area contributed by atoms with Crippen LogP contribution in [0.1, 0.15) is 46.3 Å². The summed E-state index contributed by atoms with van der Waals surface area (Å²) in [5, 5.41) is 3.03. The zero-order valence-corrected chi connectivity index (χ0v) is 21.9. The molecule has 2 unspecified atom stereocenters. The van der Waals surface area contributed by atoms with Crippen molar-refractivity contribution in [3.05, 3.63) is 88.0 Å². The lowest BCUT2D eigenvalue weighted by molar-refractivity contribution is -0.128. The monoisotopic (exact) mass is 492 g/mol. The lowest BCUT2D eigenvalue weighted by atomic mass is 9.96. The summed E-state index contributed by atoms with van der Waals surface area (Å²) in [4.78, 5) is 13.5. The van der Waals surface area contributed by atoms with Gasteiger partial charge in [-0.3, -0.25) is 9.10 Å². The van der Waals surface area contributed by atoms with E-state index in [9.17, 15) is 13.2 Å². The molecule has 1 aliphatic rings. The van der Waals surface area contributed by atoms with E-state index in [2.05, 4.69) is 24.4 Å². The second-order valence-electron chi connectivity index (χ2n) is 9.45. The van der Waals surface area contributed by atoms with E-state index in [1.165, 1.54) is 9.87 Å². The molecule has 0 aromatic heterocycles. The SMILES string of the molecule is Cc1ccc(S(=O)(=O)N2CC(C(=O)NC(C)c3cc(C)c(C)cc3C)Oc3cc(C)ccc32)cc1. The molecule has 3 aromatic rings. The van der Waals surface area contributed by atoms with Crippen LogP contribution in [0.2, 0.25) is 0 Å². The summed E-state index contributed by atoms with van der Waals surface area (Å²) in [6.07, 6.45) is -0.987. The van der Waals surface area contributed by atoms with Gasteiger partial charge in [0.2, 0.25) is 0 Å². The number of rotatable bonds is 5. The number of benzene rings is 3. The average Bonchev–Trinajstić information content (AvgIpc) is 2.80. The van der Waals surface area contributed by atoms with Crippen LogP contribution in [0.5, 0.6) is 5.75 Å². The van der Waals surface area contributed by atoms with Gasteiger partial charge in [0.1, 0.15) is 5.75 Å². The summed E-state index contributed by atoms with van der Waals surface area (Å²) in [5.41, 5.74) is 6.78. The van der Waals surface area contributed by atoms with Crippen molar-refractivity contribution in [3.63, 3.8) is 0 Å². The van der Waals surface area contributed by atoms with Gasteiger partial charge in [-0.1, -0.05) is 35.9 Å². The van der Waals surface area contributed by atoms with E-state index >= 15 is 0 Å². The summed E-state index contributed by atoms with van der Waals surface area (Å²) in [7, 11) is -3.90. The van der Waals surface area contributed by atoms with Gasteiger partial charge in [0.15, 0.2) is 6.10 Å². The Morgan fingerprint density at radius 1 is 0.914 bits per heavy atom.